The minimum absolute atomic E-state index is 0.132. The number of aromatic nitrogens is 3. The molecule has 3 aromatic heterocycles. The van der Waals surface area contributed by atoms with E-state index in [0.717, 1.165) is 19.4 Å². The van der Waals surface area contributed by atoms with Crippen LogP contribution in [-0.4, -0.2) is 51.9 Å². The molecule has 33 heavy (non-hydrogen) atoms. The van der Waals surface area contributed by atoms with Crippen molar-refractivity contribution in [2.24, 2.45) is 0 Å². The number of carbonyl (C=O) groups is 2. The summed E-state index contributed by atoms with van der Waals surface area (Å²) in [6.45, 7) is 8.74. The van der Waals surface area contributed by atoms with Gasteiger partial charge in [-0.2, -0.15) is 0 Å². The lowest BCUT2D eigenvalue weighted by molar-refractivity contribution is 0.0560. The Morgan fingerprint density at radius 1 is 1.36 bits per heavy atom. The van der Waals surface area contributed by atoms with E-state index >= 15 is 0 Å². The normalized spacial score (nSPS) is 16.6. The Morgan fingerprint density at radius 2 is 2.15 bits per heavy atom. The van der Waals surface area contributed by atoms with Crippen molar-refractivity contribution in [1.29, 1.82) is 0 Å². The van der Waals surface area contributed by atoms with Crippen LogP contribution < -0.4 is 15.5 Å². The number of nitrogens with zero attached hydrogens (tertiary/aromatic N) is 3. The van der Waals surface area contributed by atoms with E-state index in [-0.39, 0.29) is 11.7 Å². The fourth-order valence-electron chi connectivity index (χ4n) is 3.84. The molecule has 0 radical (unpaired) electrons. The Kier molecular flexibility index (Phi) is 6.44. The van der Waals surface area contributed by atoms with Gasteiger partial charge in [0.05, 0.1) is 27.3 Å². The highest BCUT2D eigenvalue weighted by Gasteiger charge is 2.34. The third-order valence-corrected chi connectivity index (χ3v) is 5.79. The molecule has 0 unspecified atom stereocenters. The molecule has 1 aliphatic heterocycles. The molecule has 3 N–H and O–H groups in total. The minimum atomic E-state index is -0.671. The SMILES string of the molecule is Cc1cc(C(=O)Nc2c[nH]c3ncc(Br)c(N(C(=O)OC(C)(C)C)[C@@H]4CCCNC4)c23)no1. The summed E-state index contributed by atoms with van der Waals surface area (Å²) in [5.41, 5.74) is 1.06. The van der Waals surface area contributed by atoms with Gasteiger partial charge in [0.2, 0.25) is 0 Å². The molecule has 0 spiro atoms. The molecule has 3 aromatic rings. The highest BCUT2D eigenvalue weighted by atomic mass is 79.9. The highest BCUT2D eigenvalue weighted by Crippen LogP contribution is 2.40. The summed E-state index contributed by atoms with van der Waals surface area (Å²) in [5, 5.41) is 10.6. The lowest BCUT2D eigenvalue weighted by Crippen LogP contribution is -2.50. The van der Waals surface area contributed by atoms with E-state index in [9.17, 15) is 9.59 Å². The summed E-state index contributed by atoms with van der Waals surface area (Å²) in [7, 11) is 0. The molecule has 1 fully saturated rings. The van der Waals surface area contributed by atoms with Crippen molar-refractivity contribution >= 4 is 50.3 Å². The van der Waals surface area contributed by atoms with Gasteiger partial charge >= 0.3 is 6.09 Å². The summed E-state index contributed by atoms with van der Waals surface area (Å²) in [6.07, 6.45) is 4.55. The molecule has 4 rings (SSSR count). The number of piperidine rings is 1. The maximum atomic E-state index is 13.4. The third-order valence-electron chi connectivity index (χ3n) is 5.21. The first-order valence-electron chi connectivity index (χ1n) is 10.8. The van der Waals surface area contributed by atoms with Crippen LogP contribution >= 0.6 is 15.9 Å². The number of aryl methyl sites for hydroxylation is 1. The Morgan fingerprint density at radius 3 is 2.79 bits per heavy atom. The lowest BCUT2D eigenvalue weighted by Gasteiger charge is -2.36. The van der Waals surface area contributed by atoms with Crippen molar-refractivity contribution in [3.63, 3.8) is 0 Å². The molecule has 0 saturated carbocycles. The molecule has 1 atom stereocenters. The van der Waals surface area contributed by atoms with Crippen LogP contribution in [0.3, 0.4) is 0 Å². The summed E-state index contributed by atoms with van der Waals surface area (Å²) in [4.78, 5) is 35.4. The average molecular weight is 519 g/mol. The number of aromatic amines is 1. The molecule has 0 aliphatic carbocycles. The van der Waals surface area contributed by atoms with E-state index in [0.29, 0.717) is 39.2 Å². The fraction of sp³-hybridized carbons (Fsp3) is 0.455. The topological polar surface area (TPSA) is 125 Å². The van der Waals surface area contributed by atoms with Crippen LogP contribution in [0.5, 0.6) is 0 Å². The standard InChI is InChI=1S/C22H27BrN6O4/c1-12-8-15(28-33-12)20(30)27-16-11-26-19-17(16)18(14(23)10-25-19)29(13-6-5-7-24-9-13)21(31)32-22(2,3)4/h8,10-11,13,24H,5-7,9H2,1-4H3,(H,25,26)(H,27,30)/t13-/m1/s1. The van der Waals surface area contributed by atoms with Crippen molar-refractivity contribution in [3.05, 3.63) is 34.4 Å². The third kappa shape index (κ3) is 5.03. The van der Waals surface area contributed by atoms with E-state index in [4.69, 9.17) is 9.26 Å². The second-order valence-electron chi connectivity index (χ2n) is 9.01. The summed E-state index contributed by atoms with van der Waals surface area (Å²) in [6, 6.07) is 1.42. The van der Waals surface area contributed by atoms with Crippen LogP contribution in [0.15, 0.2) is 27.5 Å². The highest BCUT2D eigenvalue weighted by molar-refractivity contribution is 9.10. The second kappa shape index (κ2) is 9.14. The molecule has 1 aliphatic rings. The Hall–Kier alpha value is -2.92. The van der Waals surface area contributed by atoms with Gasteiger partial charge in [0.1, 0.15) is 17.0 Å². The number of rotatable bonds is 4. The van der Waals surface area contributed by atoms with Gasteiger partial charge in [-0.15, -0.1) is 0 Å². The van der Waals surface area contributed by atoms with Gasteiger partial charge in [0.25, 0.3) is 5.91 Å². The maximum absolute atomic E-state index is 13.4. The van der Waals surface area contributed by atoms with Gasteiger partial charge in [-0.05, 0) is 63.0 Å². The van der Waals surface area contributed by atoms with Gasteiger partial charge in [-0.3, -0.25) is 9.69 Å². The first-order valence-corrected chi connectivity index (χ1v) is 11.6. The summed E-state index contributed by atoms with van der Waals surface area (Å²) < 4.78 is 11.4. The molecule has 4 heterocycles. The van der Waals surface area contributed by atoms with E-state index in [1.54, 1.807) is 30.3 Å². The van der Waals surface area contributed by atoms with Gasteiger partial charge in [0.15, 0.2) is 5.69 Å². The number of amides is 2. The molecular formula is C22H27BrN6O4. The lowest BCUT2D eigenvalue weighted by atomic mass is 10.0. The quantitative estimate of drug-likeness (QED) is 0.468. The largest absolute Gasteiger partial charge is 0.443 e. The van der Waals surface area contributed by atoms with Crippen LogP contribution in [0.2, 0.25) is 0 Å². The molecule has 10 nitrogen and oxygen atoms in total. The van der Waals surface area contributed by atoms with Crippen LogP contribution in [0.1, 0.15) is 49.9 Å². The smallest absolute Gasteiger partial charge is 0.415 e. The van der Waals surface area contributed by atoms with Gasteiger partial charge < -0.3 is 24.9 Å². The van der Waals surface area contributed by atoms with E-state index in [1.807, 2.05) is 20.8 Å². The van der Waals surface area contributed by atoms with Gasteiger partial charge in [-0.25, -0.2) is 9.78 Å². The number of halogens is 1. The second-order valence-corrected chi connectivity index (χ2v) is 9.86. The van der Waals surface area contributed by atoms with Gasteiger partial charge in [-0.1, -0.05) is 5.16 Å². The van der Waals surface area contributed by atoms with Crippen molar-refractivity contribution in [1.82, 2.24) is 20.4 Å². The molecule has 176 valence electrons. The van der Waals surface area contributed by atoms with Crippen molar-refractivity contribution in [2.45, 2.75) is 52.2 Å². The van der Waals surface area contributed by atoms with E-state index < -0.39 is 17.6 Å². The van der Waals surface area contributed by atoms with E-state index in [2.05, 4.69) is 41.7 Å². The Balaban J connectivity index is 1.80. The number of carbonyl (C=O) groups excluding carboxylic acids is 2. The molecule has 11 heteroatoms. The molecule has 2 amide bonds. The monoisotopic (exact) mass is 518 g/mol. The first kappa shape index (κ1) is 23.2. The maximum Gasteiger partial charge on any atom is 0.415 e. The number of hydrogen-bond donors (Lipinski definition) is 3. The molecule has 1 saturated heterocycles. The molecular weight excluding hydrogens is 492 g/mol. The predicted octanol–water partition coefficient (Wildman–Crippen LogP) is 4.37. The van der Waals surface area contributed by atoms with Crippen LogP contribution in [-0.2, 0) is 4.74 Å². The number of fused-ring (bicyclic) bond motifs is 1. The Bertz CT molecular complexity index is 1180. The number of anilines is 2. The molecule has 0 bridgehead atoms. The number of ether oxygens (including phenoxy) is 1. The molecule has 0 aromatic carbocycles. The predicted molar refractivity (Wildman–Crippen MR) is 128 cm³/mol. The number of H-pyrrole nitrogens is 1. The zero-order valence-electron chi connectivity index (χ0n) is 19.0. The van der Waals surface area contributed by atoms with E-state index in [1.165, 1.54) is 0 Å². The van der Waals surface area contributed by atoms with Crippen molar-refractivity contribution in [2.75, 3.05) is 23.3 Å². The zero-order valence-corrected chi connectivity index (χ0v) is 20.6. The van der Waals surface area contributed by atoms with Crippen molar-refractivity contribution < 1.29 is 18.8 Å². The van der Waals surface area contributed by atoms with Gasteiger partial charge in [0, 0.05) is 25.0 Å². The minimum Gasteiger partial charge on any atom is -0.443 e. The van der Waals surface area contributed by atoms with Crippen LogP contribution in [0, 0.1) is 6.92 Å². The Labute approximate surface area is 199 Å². The van der Waals surface area contributed by atoms with Crippen LogP contribution in [0.25, 0.3) is 11.0 Å². The number of hydrogen-bond acceptors (Lipinski definition) is 7. The number of pyridine rings is 1. The average Bonchev–Trinajstić information content (AvgIpc) is 3.36. The first-order chi connectivity index (χ1) is 15.6. The fourth-order valence-corrected chi connectivity index (χ4v) is 4.33. The summed E-state index contributed by atoms with van der Waals surface area (Å²) >= 11 is 3.58. The zero-order chi connectivity index (χ0) is 23.8. The number of nitrogens with one attached hydrogen (secondary N) is 3. The summed E-state index contributed by atoms with van der Waals surface area (Å²) in [5.74, 6) is 0.104. The van der Waals surface area contributed by atoms with Crippen LogP contribution in [0.4, 0.5) is 16.2 Å². The van der Waals surface area contributed by atoms with Crippen molar-refractivity contribution in [3.8, 4) is 0 Å².